The van der Waals surface area contributed by atoms with Gasteiger partial charge < -0.3 is 15.3 Å². The van der Waals surface area contributed by atoms with E-state index in [0.29, 0.717) is 16.7 Å². The average Bonchev–Trinajstić information content (AvgIpc) is 2.16. The van der Waals surface area contributed by atoms with Crippen molar-refractivity contribution in [2.75, 3.05) is 6.61 Å². The second kappa shape index (κ2) is 5.39. The molecule has 0 bridgehead atoms. The third-order valence-corrected chi connectivity index (χ3v) is 2.64. The van der Waals surface area contributed by atoms with Crippen LogP contribution in [0.4, 0.5) is 4.39 Å². The number of rotatable bonds is 4. The predicted molar refractivity (Wildman–Crippen MR) is 58.5 cm³/mol. The van der Waals surface area contributed by atoms with Gasteiger partial charge in [-0.1, -0.05) is 0 Å². The highest BCUT2D eigenvalue weighted by molar-refractivity contribution is 5.36. The second-order valence-electron chi connectivity index (χ2n) is 3.98. The molecule has 1 aromatic rings. The molecule has 0 aliphatic rings. The molecule has 0 saturated heterocycles. The topological polar surface area (TPSA) is 60.7 Å². The molecule has 1 rings (SSSR count). The van der Waals surface area contributed by atoms with Gasteiger partial charge in [-0.3, -0.25) is 0 Å². The van der Waals surface area contributed by atoms with Gasteiger partial charge in [0.05, 0.1) is 6.10 Å². The van der Waals surface area contributed by atoms with Crippen molar-refractivity contribution in [3.63, 3.8) is 0 Å². The maximum Gasteiger partial charge on any atom is 0.123 e. The van der Waals surface area contributed by atoms with Gasteiger partial charge in [-0.25, -0.2) is 4.39 Å². The molecule has 0 aliphatic heterocycles. The Morgan fingerprint density at radius 3 is 2.12 bits per heavy atom. The number of halogens is 1. The molecule has 2 atom stereocenters. The van der Waals surface area contributed by atoms with Gasteiger partial charge in [0, 0.05) is 6.61 Å². The van der Waals surface area contributed by atoms with Gasteiger partial charge in [-0.05, 0) is 49.1 Å². The number of aliphatic hydroxyl groups is 3. The lowest BCUT2D eigenvalue weighted by Gasteiger charge is -2.21. The summed E-state index contributed by atoms with van der Waals surface area (Å²) in [7, 11) is 0. The van der Waals surface area contributed by atoms with Crippen LogP contribution in [0.15, 0.2) is 12.1 Å². The molecule has 1 aromatic carbocycles. The SMILES string of the molecule is Cc1cc(F)cc(C)c1C(O)C(O)CCO. The van der Waals surface area contributed by atoms with Gasteiger partial charge in [-0.2, -0.15) is 0 Å². The van der Waals surface area contributed by atoms with Gasteiger partial charge in [0.15, 0.2) is 0 Å². The molecule has 0 radical (unpaired) electrons. The van der Waals surface area contributed by atoms with Crippen molar-refractivity contribution in [2.24, 2.45) is 0 Å². The molecule has 90 valence electrons. The molecule has 3 nitrogen and oxygen atoms in total. The Labute approximate surface area is 94.2 Å². The van der Waals surface area contributed by atoms with Crippen LogP contribution in [0.2, 0.25) is 0 Å². The first-order valence-corrected chi connectivity index (χ1v) is 5.21. The molecule has 0 aromatic heterocycles. The van der Waals surface area contributed by atoms with Crippen LogP contribution < -0.4 is 0 Å². The van der Waals surface area contributed by atoms with Crippen LogP contribution in [-0.4, -0.2) is 28.0 Å². The number of benzene rings is 1. The van der Waals surface area contributed by atoms with Crippen molar-refractivity contribution in [1.82, 2.24) is 0 Å². The summed E-state index contributed by atoms with van der Waals surface area (Å²) in [6, 6.07) is 2.63. The summed E-state index contributed by atoms with van der Waals surface area (Å²) < 4.78 is 13.0. The minimum atomic E-state index is -1.09. The van der Waals surface area contributed by atoms with Crippen LogP contribution in [0.25, 0.3) is 0 Å². The molecule has 0 spiro atoms. The smallest absolute Gasteiger partial charge is 0.123 e. The lowest BCUT2D eigenvalue weighted by Crippen LogP contribution is -2.21. The lowest BCUT2D eigenvalue weighted by atomic mass is 9.93. The largest absolute Gasteiger partial charge is 0.396 e. The summed E-state index contributed by atoms with van der Waals surface area (Å²) in [4.78, 5) is 0. The Kier molecular flexibility index (Phi) is 4.41. The Balaban J connectivity index is 3.03. The van der Waals surface area contributed by atoms with E-state index in [1.54, 1.807) is 13.8 Å². The minimum Gasteiger partial charge on any atom is -0.396 e. The van der Waals surface area contributed by atoms with E-state index in [9.17, 15) is 14.6 Å². The molecule has 0 heterocycles. The molecular formula is C12H17FO3. The second-order valence-corrected chi connectivity index (χ2v) is 3.98. The van der Waals surface area contributed by atoms with Crippen LogP contribution in [0.3, 0.4) is 0 Å². The van der Waals surface area contributed by atoms with E-state index in [0.717, 1.165) is 0 Å². The summed E-state index contributed by atoms with van der Waals surface area (Å²) in [6.07, 6.45) is -2.03. The van der Waals surface area contributed by atoms with Crippen molar-refractivity contribution in [2.45, 2.75) is 32.5 Å². The monoisotopic (exact) mass is 228 g/mol. The number of hydrogen-bond acceptors (Lipinski definition) is 3. The fraction of sp³-hybridized carbons (Fsp3) is 0.500. The van der Waals surface area contributed by atoms with E-state index in [1.165, 1.54) is 12.1 Å². The van der Waals surface area contributed by atoms with E-state index in [-0.39, 0.29) is 18.8 Å². The molecule has 2 unspecified atom stereocenters. The van der Waals surface area contributed by atoms with E-state index >= 15 is 0 Å². The third-order valence-electron chi connectivity index (χ3n) is 2.64. The van der Waals surface area contributed by atoms with Crippen molar-refractivity contribution < 1.29 is 19.7 Å². The molecule has 0 amide bonds. The first-order valence-electron chi connectivity index (χ1n) is 5.21. The fourth-order valence-corrected chi connectivity index (χ4v) is 1.87. The molecule has 3 N–H and O–H groups in total. The summed E-state index contributed by atoms with van der Waals surface area (Å²) in [5, 5.41) is 28.2. The van der Waals surface area contributed by atoms with Crippen molar-refractivity contribution in [1.29, 1.82) is 0 Å². The van der Waals surface area contributed by atoms with Crippen molar-refractivity contribution in [3.05, 3.63) is 34.6 Å². The van der Waals surface area contributed by atoms with Gasteiger partial charge in [0.2, 0.25) is 0 Å². The Bertz CT molecular complexity index is 342. The Hall–Kier alpha value is -0.970. The molecule has 16 heavy (non-hydrogen) atoms. The maximum atomic E-state index is 13.0. The zero-order chi connectivity index (χ0) is 12.3. The molecule has 0 saturated carbocycles. The Morgan fingerprint density at radius 2 is 1.69 bits per heavy atom. The van der Waals surface area contributed by atoms with Crippen LogP contribution in [0, 0.1) is 19.7 Å². The molecular weight excluding hydrogens is 211 g/mol. The number of aliphatic hydroxyl groups excluding tert-OH is 3. The van der Waals surface area contributed by atoms with Gasteiger partial charge in [0.1, 0.15) is 11.9 Å². The standard InChI is InChI=1S/C12H17FO3/c1-7-5-9(13)6-8(2)11(7)12(16)10(15)3-4-14/h5-6,10,12,14-16H,3-4H2,1-2H3. The molecule has 0 aliphatic carbocycles. The number of aryl methyl sites for hydroxylation is 2. The molecule has 0 fully saturated rings. The number of hydrogen-bond donors (Lipinski definition) is 3. The average molecular weight is 228 g/mol. The van der Waals surface area contributed by atoms with Gasteiger partial charge >= 0.3 is 0 Å². The van der Waals surface area contributed by atoms with Gasteiger partial charge in [0.25, 0.3) is 0 Å². The zero-order valence-corrected chi connectivity index (χ0v) is 9.44. The summed E-state index contributed by atoms with van der Waals surface area (Å²) in [6.45, 7) is 3.16. The minimum absolute atomic E-state index is 0.0947. The van der Waals surface area contributed by atoms with Crippen LogP contribution in [0.1, 0.15) is 29.2 Å². The van der Waals surface area contributed by atoms with Crippen LogP contribution >= 0.6 is 0 Å². The highest BCUT2D eigenvalue weighted by Crippen LogP contribution is 2.26. The predicted octanol–water partition coefficient (Wildman–Crippen LogP) is 1.22. The van der Waals surface area contributed by atoms with E-state index in [2.05, 4.69) is 0 Å². The van der Waals surface area contributed by atoms with Gasteiger partial charge in [-0.15, -0.1) is 0 Å². The summed E-state index contributed by atoms with van der Waals surface area (Å²) in [5.41, 5.74) is 1.73. The normalized spacial score (nSPS) is 14.9. The van der Waals surface area contributed by atoms with Crippen molar-refractivity contribution >= 4 is 0 Å². The van der Waals surface area contributed by atoms with Crippen LogP contribution in [-0.2, 0) is 0 Å². The third kappa shape index (κ3) is 2.78. The first kappa shape index (κ1) is 13.1. The highest BCUT2D eigenvalue weighted by Gasteiger charge is 2.21. The maximum absolute atomic E-state index is 13.0. The van der Waals surface area contributed by atoms with E-state index in [4.69, 9.17) is 5.11 Å². The van der Waals surface area contributed by atoms with E-state index < -0.39 is 12.2 Å². The zero-order valence-electron chi connectivity index (χ0n) is 9.44. The van der Waals surface area contributed by atoms with E-state index in [1.807, 2.05) is 0 Å². The summed E-state index contributed by atoms with van der Waals surface area (Å²) >= 11 is 0. The first-order chi connectivity index (χ1) is 7.47. The fourth-order valence-electron chi connectivity index (χ4n) is 1.87. The van der Waals surface area contributed by atoms with Crippen molar-refractivity contribution in [3.8, 4) is 0 Å². The van der Waals surface area contributed by atoms with Crippen LogP contribution in [0.5, 0.6) is 0 Å². The quantitative estimate of drug-likeness (QED) is 0.726. The highest BCUT2D eigenvalue weighted by atomic mass is 19.1. The lowest BCUT2D eigenvalue weighted by molar-refractivity contribution is 0.00351. The Morgan fingerprint density at radius 1 is 1.19 bits per heavy atom. The molecule has 4 heteroatoms. The summed E-state index contributed by atoms with van der Waals surface area (Å²) in [5.74, 6) is -0.359.